The number of phenols is 1. The topological polar surface area (TPSA) is 80.9 Å². The largest absolute Gasteiger partial charge is 0.508 e. The Morgan fingerprint density at radius 1 is 1.07 bits per heavy atom. The molecule has 1 aromatic carbocycles. The van der Waals surface area contributed by atoms with E-state index in [4.69, 9.17) is 15.3 Å². The summed E-state index contributed by atoms with van der Waals surface area (Å²) in [6, 6.07) is 6.07. The first-order valence-electron chi connectivity index (χ1n) is 4.39. The van der Waals surface area contributed by atoms with Crippen molar-refractivity contribution < 1.29 is 20.4 Å². The van der Waals surface area contributed by atoms with Gasteiger partial charge < -0.3 is 20.4 Å². The first kappa shape index (κ1) is 11.0. The minimum Gasteiger partial charge on any atom is -0.508 e. The summed E-state index contributed by atoms with van der Waals surface area (Å²) >= 11 is 0. The first-order valence-corrected chi connectivity index (χ1v) is 4.39. The van der Waals surface area contributed by atoms with Crippen molar-refractivity contribution in [3.63, 3.8) is 0 Å². The molecular weight excluding hydrogens is 184 g/mol. The molecule has 1 rings (SSSR count). The van der Waals surface area contributed by atoms with Crippen LogP contribution in [-0.4, -0.2) is 33.1 Å². The van der Waals surface area contributed by atoms with E-state index in [9.17, 15) is 5.11 Å². The van der Waals surface area contributed by atoms with Gasteiger partial charge in [0.05, 0.1) is 18.8 Å². The molecular formula is C10H14O4. The second kappa shape index (κ2) is 4.95. The van der Waals surface area contributed by atoms with E-state index in [0.717, 1.165) is 0 Å². The van der Waals surface area contributed by atoms with Gasteiger partial charge in [-0.1, -0.05) is 12.1 Å². The van der Waals surface area contributed by atoms with Crippen LogP contribution in [0.5, 0.6) is 5.75 Å². The van der Waals surface area contributed by atoms with Gasteiger partial charge >= 0.3 is 0 Å². The monoisotopic (exact) mass is 198 g/mol. The third kappa shape index (κ3) is 2.99. The fraction of sp³-hybridized carbons (Fsp3) is 0.400. The molecule has 0 heterocycles. The number of benzene rings is 1. The minimum absolute atomic E-state index is 0.0846. The minimum atomic E-state index is -0.918. The Balaban J connectivity index is 2.60. The van der Waals surface area contributed by atoms with Crippen molar-refractivity contribution >= 4 is 0 Å². The van der Waals surface area contributed by atoms with Gasteiger partial charge in [-0.2, -0.15) is 0 Å². The van der Waals surface area contributed by atoms with Crippen LogP contribution in [0.15, 0.2) is 24.3 Å². The fourth-order valence-corrected chi connectivity index (χ4v) is 1.16. The van der Waals surface area contributed by atoms with Crippen LogP contribution >= 0.6 is 0 Å². The second-order valence-corrected chi connectivity index (χ2v) is 3.18. The van der Waals surface area contributed by atoms with Crippen LogP contribution in [0.3, 0.4) is 0 Å². The van der Waals surface area contributed by atoms with E-state index in [1.54, 1.807) is 12.1 Å². The maximum absolute atomic E-state index is 9.56. The van der Waals surface area contributed by atoms with Gasteiger partial charge in [0.1, 0.15) is 5.75 Å². The van der Waals surface area contributed by atoms with Gasteiger partial charge in [0, 0.05) is 6.42 Å². The molecule has 1 aromatic rings. The summed E-state index contributed by atoms with van der Waals surface area (Å²) in [5.41, 5.74) is 0.607. The molecule has 0 aliphatic rings. The summed E-state index contributed by atoms with van der Waals surface area (Å²) in [4.78, 5) is 0. The maximum atomic E-state index is 9.56. The summed E-state index contributed by atoms with van der Waals surface area (Å²) in [5.74, 6) is 0.128. The molecule has 0 saturated carbocycles. The van der Waals surface area contributed by atoms with Crippen LogP contribution in [0.25, 0.3) is 0 Å². The first-order chi connectivity index (χ1) is 6.63. The second-order valence-electron chi connectivity index (χ2n) is 3.18. The fourth-order valence-electron chi connectivity index (χ4n) is 1.16. The molecule has 0 bridgehead atoms. The van der Waals surface area contributed by atoms with Crippen molar-refractivity contribution in [2.75, 3.05) is 6.61 Å². The number of aliphatic hydroxyl groups is 3. The molecule has 0 fully saturated rings. The highest BCUT2D eigenvalue weighted by Crippen LogP contribution is 2.20. The summed E-state index contributed by atoms with van der Waals surface area (Å²) in [6.45, 7) is -0.366. The van der Waals surface area contributed by atoms with E-state index in [0.29, 0.717) is 5.56 Å². The highest BCUT2D eigenvalue weighted by molar-refractivity contribution is 5.27. The predicted molar refractivity (Wildman–Crippen MR) is 50.8 cm³/mol. The van der Waals surface area contributed by atoms with Crippen LogP contribution in [0, 0.1) is 0 Å². The molecule has 14 heavy (non-hydrogen) atoms. The number of aromatic hydroxyl groups is 1. The van der Waals surface area contributed by atoms with E-state index < -0.39 is 12.2 Å². The molecule has 0 saturated heterocycles. The van der Waals surface area contributed by atoms with Crippen molar-refractivity contribution in [3.05, 3.63) is 29.8 Å². The zero-order chi connectivity index (χ0) is 10.6. The van der Waals surface area contributed by atoms with E-state index in [-0.39, 0.29) is 18.8 Å². The molecule has 4 nitrogen and oxygen atoms in total. The molecule has 78 valence electrons. The molecule has 0 spiro atoms. The zero-order valence-electron chi connectivity index (χ0n) is 7.67. The van der Waals surface area contributed by atoms with E-state index in [1.165, 1.54) is 12.1 Å². The lowest BCUT2D eigenvalue weighted by atomic mass is 10.0. The molecule has 2 unspecified atom stereocenters. The summed E-state index contributed by atoms with van der Waals surface area (Å²) in [6.07, 6.45) is -1.65. The zero-order valence-corrected chi connectivity index (χ0v) is 7.67. The van der Waals surface area contributed by atoms with Gasteiger partial charge in [-0.25, -0.2) is 0 Å². The third-order valence-corrected chi connectivity index (χ3v) is 1.98. The molecule has 0 amide bonds. The van der Waals surface area contributed by atoms with Gasteiger partial charge in [-0.15, -0.1) is 0 Å². The lowest BCUT2D eigenvalue weighted by Gasteiger charge is -2.13. The number of aliphatic hydroxyl groups excluding tert-OH is 3. The van der Waals surface area contributed by atoms with Crippen LogP contribution < -0.4 is 0 Å². The normalized spacial score (nSPS) is 15.1. The lowest BCUT2D eigenvalue weighted by Crippen LogP contribution is -2.16. The Morgan fingerprint density at radius 2 is 1.64 bits per heavy atom. The predicted octanol–water partition coefficient (Wildman–Crippen LogP) is 0.169. The van der Waals surface area contributed by atoms with Gasteiger partial charge in [0.25, 0.3) is 0 Å². The summed E-state index contributed by atoms with van der Waals surface area (Å²) in [7, 11) is 0. The van der Waals surface area contributed by atoms with E-state index >= 15 is 0 Å². The Labute approximate surface area is 82.1 Å². The quantitative estimate of drug-likeness (QED) is 0.556. The van der Waals surface area contributed by atoms with Gasteiger partial charge in [0.15, 0.2) is 0 Å². The summed E-state index contributed by atoms with van der Waals surface area (Å²) < 4.78 is 0. The van der Waals surface area contributed by atoms with Crippen molar-refractivity contribution in [2.45, 2.75) is 18.6 Å². The average Bonchev–Trinajstić information content (AvgIpc) is 2.18. The molecule has 0 aliphatic carbocycles. The Hall–Kier alpha value is -1.10. The molecule has 4 N–H and O–H groups in total. The van der Waals surface area contributed by atoms with Crippen molar-refractivity contribution in [1.82, 2.24) is 0 Å². The summed E-state index contributed by atoms with van der Waals surface area (Å²) in [5, 5.41) is 36.2. The van der Waals surface area contributed by atoms with Crippen LogP contribution in [0.4, 0.5) is 0 Å². The third-order valence-electron chi connectivity index (χ3n) is 1.98. The number of phenolic OH excluding ortho intramolecular Hbond substituents is 1. The number of hydrogen-bond acceptors (Lipinski definition) is 4. The van der Waals surface area contributed by atoms with Crippen molar-refractivity contribution in [2.24, 2.45) is 0 Å². The maximum Gasteiger partial charge on any atom is 0.115 e. The Morgan fingerprint density at radius 3 is 2.14 bits per heavy atom. The SMILES string of the molecule is OCC(O)CC(O)c1ccc(O)cc1. The molecule has 4 heteroatoms. The number of hydrogen-bond donors (Lipinski definition) is 4. The highest BCUT2D eigenvalue weighted by atomic mass is 16.3. The Kier molecular flexibility index (Phi) is 3.88. The van der Waals surface area contributed by atoms with E-state index in [1.807, 2.05) is 0 Å². The standard InChI is InChI=1S/C10H14O4/c11-6-9(13)5-10(14)7-1-3-8(12)4-2-7/h1-4,9-14H,5-6H2. The average molecular weight is 198 g/mol. The van der Waals surface area contributed by atoms with Gasteiger partial charge in [-0.3, -0.25) is 0 Å². The van der Waals surface area contributed by atoms with Crippen molar-refractivity contribution in [1.29, 1.82) is 0 Å². The molecule has 0 aromatic heterocycles. The van der Waals surface area contributed by atoms with Crippen LogP contribution in [0.2, 0.25) is 0 Å². The van der Waals surface area contributed by atoms with Gasteiger partial charge in [0.2, 0.25) is 0 Å². The van der Waals surface area contributed by atoms with Crippen LogP contribution in [-0.2, 0) is 0 Å². The molecule has 0 aliphatic heterocycles. The van der Waals surface area contributed by atoms with Crippen molar-refractivity contribution in [3.8, 4) is 5.75 Å². The highest BCUT2D eigenvalue weighted by Gasteiger charge is 2.12. The van der Waals surface area contributed by atoms with Crippen LogP contribution in [0.1, 0.15) is 18.1 Å². The molecule has 2 atom stereocenters. The van der Waals surface area contributed by atoms with Gasteiger partial charge in [-0.05, 0) is 17.7 Å². The lowest BCUT2D eigenvalue weighted by molar-refractivity contribution is 0.0413. The van der Waals surface area contributed by atoms with E-state index in [2.05, 4.69) is 0 Å². The molecule has 0 radical (unpaired) electrons. The smallest absolute Gasteiger partial charge is 0.115 e. The Bertz CT molecular complexity index is 270. The number of rotatable bonds is 4.